The van der Waals surface area contributed by atoms with E-state index in [-0.39, 0.29) is 12.5 Å². The van der Waals surface area contributed by atoms with Crippen molar-refractivity contribution >= 4 is 11.9 Å². The quantitative estimate of drug-likeness (QED) is 0.560. The zero-order chi connectivity index (χ0) is 7.68. The minimum atomic E-state index is -0.0108. The van der Waals surface area contributed by atoms with Gasteiger partial charge in [-0.15, -0.1) is 0 Å². The molecule has 0 unspecified atom stereocenters. The van der Waals surface area contributed by atoms with Gasteiger partial charge in [0.1, 0.15) is 6.54 Å². The lowest BCUT2D eigenvalue weighted by molar-refractivity contribution is -0.117. The third kappa shape index (κ3) is 1.69. The Kier molecular flexibility index (Phi) is 1.52. The average Bonchev–Trinajstić information content (AvgIpc) is 2.72. The monoisotopic (exact) mass is 153 g/mol. The summed E-state index contributed by atoms with van der Waals surface area (Å²) in [6.07, 6.45) is 2.63. The van der Waals surface area contributed by atoms with Gasteiger partial charge < -0.3 is 5.32 Å². The van der Waals surface area contributed by atoms with Crippen molar-refractivity contribution in [2.45, 2.75) is 12.8 Å². The maximum absolute atomic E-state index is 10.6. The molecule has 11 heavy (non-hydrogen) atoms. The highest BCUT2D eigenvalue weighted by Crippen LogP contribution is 2.27. The van der Waals surface area contributed by atoms with Crippen LogP contribution in [0, 0.1) is 5.92 Å². The van der Waals surface area contributed by atoms with Crippen LogP contribution in [0.2, 0.25) is 0 Å². The molecule has 1 saturated carbocycles. The standard InChI is InChI=1S/C7H11N3O/c11-6-4-9-7(10-6)8-3-5-1-2-5/h5H,1-4H2,(H2,8,9,10,11). The molecule has 0 aromatic carbocycles. The van der Waals surface area contributed by atoms with Gasteiger partial charge in [0.15, 0.2) is 5.96 Å². The van der Waals surface area contributed by atoms with Crippen LogP contribution < -0.4 is 10.6 Å². The molecule has 1 heterocycles. The van der Waals surface area contributed by atoms with Gasteiger partial charge >= 0.3 is 0 Å². The number of amides is 1. The predicted molar refractivity (Wildman–Crippen MR) is 41.2 cm³/mol. The number of hydrogen-bond donors (Lipinski definition) is 2. The molecule has 1 fully saturated rings. The number of hydrogen-bond acceptors (Lipinski definition) is 3. The number of carbonyl (C=O) groups excluding carboxylic acids is 1. The molecular formula is C7H11N3O. The Morgan fingerprint density at radius 3 is 3.00 bits per heavy atom. The lowest BCUT2D eigenvalue weighted by Gasteiger charge is -2.02. The second kappa shape index (κ2) is 2.53. The van der Waals surface area contributed by atoms with Gasteiger partial charge in [-0.05, 0) is 18.8 Å². The van der Waals surface area contributed by atoms with Crippen LogP contribution in [0.5, 0.6) is 0 Å². The fourth-order valence-electron chi connectivity index (χ4n) is 1.03. The molecule has 2 N–H and O–H groups in total. The largest absolute Gasteiger partial charge is 0.356 e. The Balaban J connectivity index is 1.73. The number of nitrogens with one attached hydrogen (secondary N) is 2. The van der Waals surface area contributed by atoms with E-state index in [1.807, 2.05) is 0 Å². The molecule has 4 nitrogen and oxygen atoms in total. The SMILES string of the molecule is O=C1CN=C(NCC2CC2)N1. The molecule has 1 aliphatic carbocycles. The van der Waals surface area contributed by atoms with E-state index in [1.165, 1.54) is 12.8 Å². The summed E-state index contributed by atoms with van der Waals surface area (Å²) >= 11 is 0. The molecule has 2 rings (SSSR count). The zero-order valence-corrected chi connectivity index (χ0v) is 6.26. The van der Waals surface area contributed by atoms with Crippen molar-refractivity contribution in [3.8, 4) is 0 Å². The smallest absolute Gasteiger partial charge is 0.248 e. The van der Waals surface area contributed by atoms with Crippen LogP contribution in [-0.2, 0) is 4.79 Å². The van der Waals surface area contributed by atoms with Gasteiger partial charge in [0.25, 0.3) is 0 Å². The van der Waals surface area contributed by atoms with E-state index in [2.05, 4.69) is 15.6 Å². The number of rotatable bonds is 2. The van der Waals surface area contributed by atoms with Gasteiger partial charge in [0, 0.05) is 6.54 Å². The maximum Gasteiger partial charge on any atom is 0.248 e. The summed E-state index contributed by atoms with van der Waals surface area (Å²) in [6.45, 7) is 1.24. The second-order valence-electron chi connectivity index (χ2n) is 3.04. The molecule has 60 valence electrons. The third-order valence-electron chi connectivity index (χ3n) is 1.89. The molecule has 1 amide bonds. The van der Waals surface area contributed by atoms with Crippen molar-refractivity contribution in [1.82, 2.24) is 10.6 Å². The first kappa shape index (κ1) is 6.64. The highest BCUT2D eigenvalue weighted by molar-refractivity contribution is 6.02. The van der Waals surface area contributed by atoms with Crippen molar-refractivity contribution in [3.63, 3.8) is 0 Å². The first-order valence-electron chi connectivity index (χ1n) is 3.93. The fraction of sp³-hybridized carbons (Fsp3) is 0.714. The summed E-state index contributed by atoms with van der Waals surface area (Å²) in [4.78, 5) is 14.6. The summed E-state index contributed by atoms with van der Waals surface area (Å²) < 4.78 is 0. The van der Waals surface area contributed by atoms with E-state index in [9.17, 15) is 4.79 Å². The minimum Gasteiger partial charge on any atom is -0.356 e. The van der Waals surface area contributed by atoms with E-state index >= 15 is 0 Å². The van der Waals surface area contributed by atoms with Crippen LogP contribution in [-0.4, -0.2) is 25.0 Å². The lowest BCUT2D eigenvalue weighted by atomic mass is 10.4. The molecule has 0 spiro atoms. The molecular weight excluding hydrogens is 142 g/mol. The van der Waals surface area contributed by atoms with E-state index in [4.69, 9.17) is 0 Å². The van der Waals surface area contributed by atoms with E-state index in [0.29, 0.717) is 5.96 Å². The van der Waals surface area contributed by atoms with Crippen LogP contribution >= 0.6 is 0 Å². The Bertz CT molecular complexity index is 208. The highest BCUT2D eigenvalue weighted by atomic mass is 16.2. The van der Waals surface area contributed by atoms with Gasteiger partial charge in [-0.3, -0.25) is 10.1 Å². The highest BCUT2D eigenvalue weighted by Gasteiger charge is 2.22. The molecule has 4 heteroatoms. The van der Waals surface area contributed by atoms with Crippen LogP contribution in [0.15, 0.2) is 4.99 Å². The van der Waals surface area contributed by atoms with Gasteiger partial charge in [-0.1, -0.05) is 0 Å². The molecule has 0 aromatic rings. The first-order chi connectivity index (χ1) is 5.34. The molecule has 1 aliphatic heterocycles. The van der Waals surface area contributed by atoms with Crippen molar-refractivity contribution in [2.24, 2.45) is 10.9 Å². The van der Waals surface area contributed by atoms with Gasteiger partial charge in [-0.25, -0.2) is 4.99 Å². The average molecular weight is 153 g/mol. The van der Waals surface area contributed by atoms with E-state index in [1.54, 1.807) is 0 Å². The minimum absolute atomic E-state index is 0.0108. The molecule has 0 radical (unpaired) electrons. The Hall–Kier alpha value is -1.06. The first-order valence-corrected chi connectivity index (χ1v) is 3.93. The van der Waals surface area contributed by atoms with E-state index < -0.39 is 0 Å². The maximum atomic E-state index is 10.6. The summed E-state index contributed by atoms with van der Waals surface area (Å²) in [5, 5.41) is 5.73. The third-order valence-corrected chi connectivity index (χ3v) is 1.89. The van der Waals surface area contributed by atoms with Crippen LogP contribution in [0.4, 0.5) is 0 Å². The van der Waals surface area contributed by atoms with Crippen molar-refractivity contribution in [3.05, 3.63) is 0 Å². The van der Waals surface area contributed by atoms with Gasteiger partial charge in [0.2, 0.25) is 5.91 Å². The zero-order valence-electron chi connectivity index (χ0n) is 6.26. The number of carbonyl (C=O) groups is 1. The Morgan fingerprint density at radius 1 is 1.64 bits per heavy atom. The predicted octanol–water partition coefficient (Wildman–Crippen LogP) is -0.528. The van der Waals surface area contributed by atoms with Crippen molar-refractivity contribution in [1.29, 1.82) is 0 Å². The number of nitrogens with zero attached hydrogens (tertiary/aromatic N) is 1. The Morgan fingerprint density at radius 2 is 2.45 bits per heavy atom. The van der Waals surface area contributed by atoms with Crippen LogP contribution in [0.3, 0.4) is 0 Å². The molecule has 0 atom stereocenters. The number of guanidine groups is 1. The fourth-order valence-corrected chi connectivity index (χ4v) is 1.03. The van der Waals surface area contributed by atoms with Gasteiger partial charge in [0.05, 0.1) is 0 Å². The summed E-state index contributed by atoms with van der Waals surface area (Å²) in [7, 11) is 0. The Labute approximate surface area is 65.1 Å². The topological polar surface area (TPSA) is 53.5 Å². The molecule has 2 aliphatic rings. The summed E-state index contributed by atoms with van der Waals surface area (Å²) in [5.41, 5.74) is 0. The van der Waals surface area contributed by atoms with Crippen molar-refractivity contribution in [2.75, 3.05) is 13.1 Å². The van der Waals surface area contributed by atoms with Crippen molar-refractivity contribution < 1.29 is 4.79 Å². The normalized spacial score (nSPS) is 22.9. The lowest BCUT2D eigenvalue weighted by Crippen LogP contribution is -2.37. The van der Waals surface area contributed by atoms with Crippen LogP contribution in [0.25, 0.3) is 0 Å². The summed E-state index contributed by atoms with van der Waals surface area (Å²) in [5.74, 6) is 1.46. The molecule has 0 bridgehead atoms. The molecule has 0 saturated heterocycles. The molecule has 0 aromatic heterocycles. The van der Waals surface area contributed by atoms with E-state index in [0.717, 1.165) is 12.5 Å². The number of aliphatic imine (C=N–C) groups is 1. The van der Waals surface area contributed by atoms with Crippen LogP contribution in [0.1, 0.15) is 12.8 Å². The second-order valence-corrected chi connectivity index (χ2v) is 3.04. The summed E-state index contributed by atoms with van der Waals surface area (Å²) in [6, 6.07) is 0. The van der Waals surface area contributed by atoms with Gasteiger partial charge in [-0.2, -0.15) is 0 Å².